The molecule has 0 saturated carbocycles. The molecule has 12 heteroatoms. The van der Waals surface area contributed by atoms with Gasteiger partial charge in [-0.15, -0.1) is 0 Å². The largest absolute Gasteiger partial charge is 0.484 e. The molecule has 12 nitrogen and oxygen atoms in total. The zero-order valence-corrected chi connectivity index (χ0v) is 16.7. The van der Waals surface area contributed by atoms with Gasteiger partial charge in [-0.05, 0) is 24.8 Å². The predicted molar refractivity (Wildman–Crippen MR) is 101 cm³/mol. The third kappa shape index (κ3) is 3.88. The maximum absolute atomic E-state index is 12.5. The van der Waals surface area contributed by atoms with Gasteiger partial charge in [0, 0.05) is 16.4 Å². The van der Waals surface area contributed by atoms with E-state index in [0.717, 1.165) is 0 Å². The van der Waals surface area contributed by atoms with E-state index in [0.29, 0.717) is 11.3 Å². The molecule has 0 spiro atoms. The molecule has 160 valence electrons. The van der Waals surface area contributed by atoms with Crippen molar-refractivity contribution in [3.63, 3.8) is 0 Å². The summed E-state index contributed by atoms with van der Waals surface area (Å²) >= 11 is 0. The second kappa shape index (κ2) is 8.54. The molecule has 31 heavy (non-hydrogen) atoms. The van der Waals surface area contributed by atoms with Crippen LogP contribution in [0.3, 0.4) is 0 Å². The second-order valence-electron chi connectivity index (χ2n) is 6.52. The fraction of sp³-hybridized carbons (Fsp3) is 0.263. The topological polar surface area (TPSA) is 167 Å². The Balaban J connectivity index is 2.09. The lowest BCUT2D eigenvalue weighted by Gasteiger charge is -2.27. The lowest BCUT2D eigenvalue weighted by molar-refractivity contribution is -0.804. The first-order chi connectivity index (χ1) is 14.8. The molecule has 3 rings (SSSR count). The van der Waals surface area contributed by atoms with E-state index in [-0.39, 0.29) is 45.6 Å². The quantitative estimate of drug-likeness (QED) is 0.308. The van der Waals surface area contributed by atoms with Crippen molar-refractivity contribution >= 4 is 5.97 Å². The van der Waals surface area contributed by atoms with E-state index in [4.69, 9.17) is 14.7 Å². The normalized spacial score (nSPS) is 15.9. The van der Waals surface area contributed by atoms with Crippen LogP contribution in [0.1, 0.15) is 36.7 Å². The van der Waals surface area contributed by atoms with Gasteiger partial charge in [0.15, 0.2) is 12.7 Å². The van der Waals surface area contributed by atoms with E-state index in [1.807, 2.05) is 0 Å². The van der Waals surface area contributed by atoms with Crippen LogP contribution in [0.2, 0.25) is 0 Å². The lowest BCUT2D eigenvalue weighted by Crippen LogP contribution is -2.31. The molecule has 0 aliphatic carbocycles. The summed E-state index contributed by atoms with van der Waals surface area (Å²) in [6.45, 7) is 2.84. The predicted octanol–water partition coefficient (Wildman–Crippen LogP) is 1.40. The first-order valence-corrected chi connectivity index (χ1v) is 8.91. The Bertz CT molecular complexity index is 1160. The molecule has 1 unspecified atom stereocenters. The number of methoxy groups -OCH3 is 1. The van der Waals surface area contributed by atoms with Crippen LogP contribution in [0.4, 0.5) is 0 Å². The summed E-state index contributed by atoms with van der Waals surface area (Å²) in [7, 11) is 1.19. The van der Waals surface area contributed by atoms with E-state index in [2.05, 4.69) is 15.1 Å². The number of carbonyl (C=O) groups is 1. The number of nitriles is 1. The number of aromatic nitrogens is 2. The molecule has 1 aliphatic heterocycles. The highest BCUT2D eigenvalue weighted by Gasteiger charge is 2.42. The molecule has 0 radical (unpaired) electrons. The van der Waals surface area contributed by atoms with Gasteiger partial charge < -0.3 is 20.0 Å². The van der Waals surface area contributed by atoms with Gasteiger partial charge in [0.05, 0.1) is 23.3 Å². The number of nitro groups is 1. The van der Waals surface area contributed by atoms with Gasteiger partial charge in [-0.2, -0.15) is 5.26 Å². The van der Waals surface area contributed by atoms with Crippen molar-refractivity contribution in [3.05, 3.63) is 79.2 Å². The van der Waals surface area contributed by atoms with E-state index in [9.17, 15) is 20.1 Å². The molecular weight excluding hydrogens is 410 g/mol. The highest BCUT2D eigenvalue weighted by molar-refractivity contribution is 5.92. The van der Waals surface area contributed by atoms with Crippen LogP contribution in [-0.2, 0) is 16.1 Å². The second-order valence-corrected chi connectivity index (χ2v) is 6.52. The van der Waals surface area contributed by atoms with E-state index < -0.39 is 16.8 Å². The van der Waals surface area contributed by atoms with Crippen molar-refractivity contribution in [3.8, 4) is 11.8 Å². The highest BCUT2D eigenvalue weighted by Crippen LogP contribution is 2.42. The zero-order chi connectivity index (χ0) is 22.7. The Hall–Kier alpha value is -4.40. The smallest absolute Gasteiger partial charge is 0.336 e. The molecule has 2 heterocycles. The van der Waals surface area contributed by atoms with Gasteiger partial charge in [-0.3, -0.25) is 14.7 Å². The minimum atomic E-state index is -1.09. The number of benzene rings is 1. The molecule has 1 aliphatic rings. The van der Waals surface area contributed by atoms with Crippen LogP contribution in [-0.4, -0.2) is 23.2 Å². The SMILES string of the molecule is COC(=O)C1=C(C)NC(C)=C([N+](=O)[O-])C1c1ccccc1OCc1no[n+]([O-])c1C#N. The molecule has 1 atom stereocenters. The minimum absolute atomic E-state index is 0.0428. The molecule has 1 aromatic carbocycles. The average Bonchev–Trinajstić information content (AvgIpc) is 3.10. The van der Waals surface area contributed by atoms with Gasteiger partial charge in [-0.25, -0.2) is 4.79 Å². The first-order valence-electron chi connectivity index (χ1n) is 8.91. The van der Waals surface area contributed by atoms with Crippen LogP contribution in [0.25, 0.3) is 0 Å². The van der Waals surface area contributed by atoms with Crippen LogP contribution in [0.5, 0.6) is 5.75 Å². The van der Waals surface area contributed by atoms with Crippen molar-refractivity contribution in [2.24, 2.45) is 0 Å². The van der Waals surface area contributed by atoms with Crippen LogP contribution in [0, 0.1) is 26.7 Å². The summed E-state index contributed by atoms with van der Waals surface area (Å²) < 4.78 is 15.0. The summed E-state index contributed by atoms with van der Waals surface area (Å²) in [6, 6.07) is 8.07. The number of rotatable bonds is 6. The Morgan fingerprint density at radius 2 is 2.10 bits per heavy atom. The number of allylic oxidation sites excluding steroid dienone is 3. The fourth-order valence-corrected chi connectivity index (χ4v) is 3.38. The summed E-state index contributed by atoms with van der Waals surface area (Å²) in [5.41, 5.74) is 0.416. The zero-order valence-electron chi connectivity index (χ0n) is 16.7. The number of hydrogen-bond donors (Lipinski definition) is 1. The minimum Gasteiger partial charge on any atom is -0.484 e. The van der Waals surface area contributed by atoms with Crippen molar-refractivity contribution in [2.45, 2.75) is 26.4 Å². The van der Waals surface area contributed by atoms with Crippen LogP contribution >= 0.6 is 0 Å². The highest BCUT2D eigenvalue weighted by atomic mass is 16.8. The Labute approximate surface area is 175 Å². The Morgan fingerprint density at radius 1 is 1.39 bits per heavy atom. The van der Waals surface area contributed by atoms with Gasteiger partial charge in [0.2, 0.25) is 0 Å². The summed E-state index contributed by atoms with van der Waals surface area (Å²) in [6.07, 6.45) is 0. The Morgan fingerprint density at radius 3 is 2.74 bits per heavy atom. The van der Waals surface area contributed by atoms with E-state index in [1.54, 1.807) is 37.3 Å². The third-order valence-electron chi connectivity index (χ3n) is 4.71. The number of carbonyl (C=O) groups excluding carboxylic acids is 1. The molecule has 0 fully saturated rings. The molecule has 0 saturated heterocycles. The molecule has 1 aromatic heterocycles. The molecular formula is C19H17N5O7. The number of ether oxygens (including phenoxy) is 2. The van der Waals surface area contributed by atoms with E-state index in [1.165, 1.54) is 14.0 Å². The van der Waals surface area contributed by atoms with E-state index >= 15 is 0 Å². The molecule has 0 amide bonds. The van der Waals surface area contributed by atoms with Crippen LogP contribution < -0.4 is 15.0 Å². The van der Waals surface area contributed by atoms with Gasteiger partial charge in [0.25, 0.3) is 11.4 Å². The van der Waals surface area contributed by atoms with Gasteiger partial charge in [0.1, 0.15) is 11.7 Å². The number of nitrogens with zero attached hydrogens (tertiary/aromatic N) is 4. The lowest BCUT2D eigenvalue weighted by atomic mass is 9.83. The monoisotopic (exact) mass is 427 g/mol. The maximum Gasteiger partial charge on any atom is 0.336 e. The standard InChI is InChI=1S/C19H17N5O7/c1-10-16(19(25)29-3)17(18(23(26)27)11(2)21-10)12-6-4-5-7-15(12)30-9-13-14(8-20)24(28)31-22-13/h4-7,17,21H,9H2,1-3H3. The maximum atomic E-state index is 12.5. The fourth-order valence-electron chi connectivity index (χ4n) is 3.38. The van der Waals surface area contributed by atoms with Crippen molar-refractivity contribution < 1.29 is 28.7 Å². The summed E-state index contributed by atoms with van der Waals surface area (Å²) in [5.74, 6) is -1.62. The summed E-state index contributed by atoms with van der Waals surface area (Å²) in [4.78, 5) is 23.8. The number of dihydropyridines is 1. The van der Waals surface area contributed by atoms with Gasteiger partial charge >= 0.3 is 11.7 Å². The number of para-hydroxylation sites is 1. The van der Waals surface area contributed by atoms with Crippen molar-refractivity contribution in [2.75, 3.05) is 7.11 Å². The molecule has 0 bridgehead atoms. The summed E-state index contributed by atoms with van der Waals surface area (Å²) in [5, 5.41) is 38.7. The Kier molecular flexibility index (Phi) is 5.87. The average molecular weight is 427 g/mol. The molecule has 1 N–H and O–H groups in total. The van der Waals surface area contributed by atoms with Crippen molar-refractivity contribution in [1.29, 1.82) is 5.26 Å². The first kappa shape index (κ1) is 21.3. The molecule has 2 aromatic rings. The van der Waals surface area contributed by atoms with Crippen molar-refractivity contribution in [1.82, 2.24) is 10.5 Å². The third-order valence-corrected chi connectivity index (χ3v) is 4.71. The number of esters is 1. The number of nitrogens with one attached hydrogen (secondary N) is 1. The number of hydrogen-bond acceptors (Lipinski definition) is 10. The van der Waals surface area contributed by atoms with Gasteiger partial charge in [-0.1, -0.05) is 18.2 Å². The van der Waals surface area contributed by atoms with Crippen LogP contribution in [0.15, 0.2) is 51.6 Å².